The van der Waals surface area contributed by atoms with E-state index in [1.54, 1.807) is 0 Å². The maximum atomic E-state index is 5.68. The molecule has 0 fully saturated rings. The van der Waals surface area contributed by atoms with Gasteiger partial charge in [-0.25, -0.2) is 0 Å². The first-order valence-corrected chi connectivity index (χ1v) is 7.52. The highest BCUT2D eigenvalue weighted by atomic mass is 127. The first kappa shape index (κ1) is 15.0. The fraction of sp³-hybridized carbons (Fsp3) is 0.250. The third kappa shape index (κ3) is 4.30. The maximum absolute atomic E-state index is 5.68. The number of halogens is 1. The van der Waals surface area contributed by atoms with Crippen LogP contribution in [0.2, 0.25) is 0 Å². The first-order valence-electron chi connectivity index (χ1n) is 6.44. The summed E-state index contributed by atoms with van der Waals surface area (Å²) < 4.78 is 12.4. The summed E-state index contributed by atoms with van der Waals surface area (Å²) >= 11 is 2.26. The van der Waals surface area contributed by atoms with Crippen molar-refractivity contribution in [1.82, 2.24) is 0 Å². The molecule has 0 aliphatic rings. The number of benzene rings is 2. The fourth-order valence-corrected chi connectivity index (χ4v) is 2.26. The SMILES string of the molecule is CN(C)c1ccc(OCCOc2ccccc2I)cc1. The third-order valence-corrected chi connectivity index (χ3v) is 3.69. The monoisotopic (exact) mass is 383 g/mol. The van der Waals surface area contributed by atoms with Crippen molar-refractivity contribution >= 4 is 28.3 Å². The van der Waals surface area contributed by atoms with Crippen LogP contribution in [0.25, 0.3) is 0 Å². The van der Waals surface area contributed by atoms with Crippen molar-refractivity contribution in [3.63, 3.8) is 0 Å². The van der Waals surface area contributed by atoms with E-state index in [0.29, 0.717) is 13.2 Å². The quantitative estimate of drug-likeness (QED) is 0.559. The summed E-state index contributed by atoms with van der Waals surface area (Å²) in [5.74, 6) is 1.77. The van der Waals surface area contributed by atoms with Gasteiger partial charge in [0, 0.05) is 19.8 Å². The number of hydrogen-bond donors (Lipinski definition) is 0. The molecule has 0 atom stereocenters. The van der Waals surface area contributed by atoms with Crippen molar-refractivity contribution in [2.75, 3.05) is 32.2 Å². The Morgan fingerprint density at radius 2 is 1.55 bits per heavy atom. The summed E-state index contributed by atoms with van der Waals surface area (Å²) in [6.45, 7) is 1.07. The lowest BCUT2D eigenvalue weighted by atomic mass is 10.3. The molecule has 2 aromatic carbocycles. The van der Waals surface area contributed by atoms with E-state index in [9.17, 15) is 0 Å². The lowest BCUT2D eigenvalue weighted by molar-refractivity contribution is 0.216. The van der Waals surface area contributed by atoms with Crippen LogP contribution in [0.15, 0.2) is 48.5 Å². The molecule has 3 nitrogen and oxygen atoms in total. The summed E-state index contributed by atoms with van der Waals surface area (Å²) in [6.07, 6.45) is 0. The van der Waals surface area contributed by atoms with E-state index in [0.717, 1.165) is 20.8 Å². The van der Waals surface area contributed by atoms with Gasteiger partial charge in [0.2, 0.25) is 0 Å². The van der Waals surface area contributed by atoms with Gasteiger partial charge in [-0.15, -0.1) is 0 Å². The largest absolute Gasteiger partial charge is 0.490 e. The summed E-state index contributed by atoms with van der Waals surface area (Å²) in [5, 5.41) is 0. The highest BCUT2D eigenvalue weighted by Gasteiger charge is 2.00. The van der Waals surface area contributed by atoms with Crippen LogP contribution in [0.3, 0.4) is 0 Å². The Balaban J connectivity index is 1.77. The van der Waals surface area contributed by atoms with Crippen LogP contribution in [-0.4, -0.2) is 27.3 Å². The molecule has 0 bridgehead atoms. The third-order valence-electron chi connectivity index (χ3n) is 2.80. The Morgan fingerprint density at radius 3 is 2.20 bits per heavy atom. The normalized spacial score (nSPS) is 10.2. The van der Waals surface area contributed by atoms with Gasteiger partial charge in [0.15, 0.2) is 0 Å². The predicted molar refractivity (Wildman–Crippen MR) is 90.9 cm³/mol. The zero-order valence-electron chi connectivity index (χ0n) is 11.7. The summed E-state index contributed by atoms with van der Waals surface area (Å²) in [4.78, 5) is 2.06. The fourth-order valence-electron chi connectivity index (χ4n) is 1.71. The Labute approximate surface area is 133 Å². The van der Waals surface area contributed by atoms with Gasteiger partial charge in [-0.3, -0.25) is 0 Å². The summed E-state index contributed by atoms with van der Waals surface area (Å²) in [7, 11) is 4.04. The van der Waals surface area contributed by atoms with Crippen molar-refractivity contribution < 1.29 is 9.47 Å². The molecule has 0 aromatic heterocycles. The molecule has 2 aromatic rings. The minimum absolute atomic E-state index is 0.534. The van der Waals surface area contributed by atoms with Gasteiger partial charge in [0.1, 0.15) is 24.7 Å². The van der Waals surface area contributed by atoms with Gasteiger partial charge in [-0.05, 0) is 59.0 Å². The van der Waals surface area contributed by atoms with Gasteiger partial charge in [-0.2, -0.15) is 0 Å². The highest BCUT2D eigenvalue weighted by Crippen LogP contribution is 2.20. The molecule has 0 spiro atoms. The van der Waals surface area contributed by atoms with E-state index in [1.165, 1.54) is 0 Å². The van der Waals surface area contributed by atoms with Gasteiger partial charge in [-0.1, -0.05) is 12.1 Å². The van der Waals surface area contributed by atoms with E-state index in [1.807, 2.05) is 62.6 Å². The van der Waals surface area contributed by atoms with Crippen LogP contribution in [-0.2, 0) is 0 Å². The molecule has 2 rings (SSSR count). The standard InChI is InChI=1S/C16H18INO2/c1-18(2)13-7-9-14(10-8-13)19-11-12-20-16-6-4-3-5-15(16)17/h3-10H,11-12H2,1-2H3. The minimum atomic E-state index is 0.534. The van der Waals surface area contributed by atoms with Crippen LogP contribution in [0, 0.1) is 3.57 Å². The van der Waals surface area contributed by atoms with Crippen molar-refractivity contribution in [2.45, 2.75) is 0 Å². The van der Waals surface area contributed by atoms with E-state index in [4.69, 9.17) is 9.47 Å². The first-order chi connectivity index (χ1) is 9.66. The van der Waals surface area contributed by atoms with Gasteiger partial charge >= 0.3 is 0 Å². The molecule has 0 saturated carbocycles. The van der Waals surface area contributed by atoms with Crippen molar-refractivity contribution in [3.05, 3.63) is 52.1 Å². The van der Waals surface area contributed by atoms with Crippen LogP contribution in [0.5, 0.6) is 11.5 Å². The Kier molecular flexibility index (Phi) is 5.52. The molecular weight excluding hydrogens is 365 g/mol. The molecule has 0 N–H and O–H groups in total. The molecule has 0 radical (unpaired) electrons. The predicted octanol–water partition coefficient (Wildman–Crippen LogP) is 3.82. The Hall–Kier alpha value is -1.43. The second-order valence-electron chi connectivity index (χ2n) is 4.52. The lowest BCUT2D eigenvalue weighted by Crippen LogP contribution is -2.10. The van der Waals surface area contributed by atoms with Crippen LogP contribution >= 0.6 is 22.6 Å². The maximum Gasteiger partial charge on any atom is 0.132 e. The van der Waals surface area contributed by atoms with E-state index in [2.05, 4.69) is 27.5 Å². The summed E-state index contributed by atoms with van der Waals surface area (Å²) in [5.41, 5.74) is 1.16. The smallest absolute Gasteiger partial charge is 0.132 e. The number of para-hydroxylation sites is 1. The molecule has 0 aliphatic carbocycles. The molecule has 4 heteroatoms. The Bertz CT molecular complexity index is 540. The number of hydrogen-bond acceptors (Lipinski definition) is 3. The Morgan fingerprint density at radius 1 is 0.900 bits per heavy atom. The van der Waals surface area contributed by atoms with Crippen molar-refractivity contribution in [3.8, 4) is 11.5 Å². The highest BCUT2D eigenvalue weighted by molar-refractivity contribution is 14.1. The van der Waals surface area contributed by atoms with Crippen LogP contribution in [0.4, 0.5) is 5.69 Å². The molecule has 106 valence electrons. The average molecular weight is 383 g/mol. The second kappa shape index (κ2) is 7.38. The van der Waals surface area contributed by atoms with Gasteiger partial charge in [0.05, 0.1) is 3.57 Å². The zero-order chi connectivity index (χ0) is 14.4. The van der Waals surface area contributed by atoms with Crippen LogP contribution in [0.1, 0.15) is 0 Å². The van der Waals surface area contributed by atoms with E-state index >= 15 is 0 Å². The van der Waals surface area contributed by atoms with Gasteiger partial charge < -0.3 is 14.4 Å². The molecule has 20 heavy (non-hydrogen) atoms. The molecule has 0 heterocycles. The van der Waals surface area contributed by atoms with E-state index in [-0.39, 0.29) is 0 Å². The minimum Gasteiger partial charge on any atom is -0.490 e. The topological polar surface area (TPSA) is 21.7 Å². The number of ether oxygens (including phenoxy) is 2. The lowest BCUT2D eigenvalue weighted by Gasteiger charge is -2.13. The van der Waals surface area contributed by atoms with Gasteiger partial charge in [0.25, 0.3) is 0 Å². The molecule has 0 saturated heterocycles. The second-order valence-corrected chi connectivity index (χ2v) is 5.68. The average Bonchev–Trinajstić information content (AvgIpc) is 2.46. The molecule has 0 amide bonds. The molecular formula is C16H18INO2. The van der Waals surface area contributed by atoms with Crippen molar-refractivity contribution in [1.29, 1.82) is 0 Å². The molecule has 0 unspecified atom stereocenters. The molecule has 0 aliphatic heterocycles. The van der Waals surface area contributed by atoms with E-state index < -0.39 is 0 Å². The summed E-state index contributed by atoms with van der Waals surface area (Å²) in [6, 6.07) is 16.0. The number of nitrogens with zero attached hydrogens (tertiary/aromatic N) is 1. The van der Waals surface area contributed by atoms with Crippen LogP contribution < -0.4 is 14.4 Å². The zero-order valence-corrected chi connectivity index (χ0v) is 13.8. The van der Waals surface area contributed by atoms with Crippen molar-refractivity contribution in [2.24, 2.45) is 0 Å². The number of anilines is 1. The number of rotatable bonds is 6.